The molecule has 1 aromatic heterocycles. The molecule has 25 heavy (non-hydrogen) atoms. The zero-order valence-corrected chi connectivity index (χ0v) is 18.5. The number of nitrogens with one attached hydrogen (secondary N) is 2. The summed E-state index contributed by atoms with van der Waals surface area (Å²) in [5, 5.41) is 9.63. The molecule has 0 spiro atoms. The maximum Gasteiger partial charge on any atom is 0.191 e. The molecule has 0 saturated heterocycles. The van der Waals surface area contributed by atoms with Crippen molar-refractivity contribution in [1.29, 1.82) is 0 Å². The summed E-state index contributed by atoms with van der Waals surface area (Å²) in [6, 6.07) is 5.11. The van der Waals surface area contributed by atoms with Gasteiger partial charge in [-0.15, -0.1) is 35.3 Å². The number of aromatic nitrogens is 1. The minimum Gasteiger partial charge on any atom is -0.352 e. The van der Waals surface area contributed by atoms with Gasteiger partial charge in [0.05, 0.1) is 12.2 Å². The van der Waals surface area contributed by atoms with E-state index in [9.17, 15) is 4.39 Å². The van der Waals surface area contributed by atoms with E-state index in [0.29, 0.717) is 24.6 Å². The number of thiazole rings is 1. The van der Waals surface area contributed by atoms with Gasteiger partial charge in [-0.3, -0.25) is 4.99 Å². The monoisotopic (exact) mass is 476 g/mol. The minimum absolute atomic E-state index is 0. The standard InChI is InChI=1S/C18H25FN4S.HI/c1-12-8-13(6-7-14(12)19)9-21-17(20-5)22-10-16-23-15(11-24-16)18(2,3)4;/h6-8,11H,9-10H2,1-5H3,(H2,20,21,22);1H. The van der Waals surface area contributed by atoms with Crippen molar-refractivity contribution in [3.8, 4) is 0 Å². The molecule has 4 nitrogen and oxygen atoms in total. The molecule has 2 rings (SSSR count). The molecule has 138 valence electrons. The van der Waals surface area contributed by atoms with Crippen molar-refractivity contribution in [2.45, 2.75) is 46.2 Å². The number of rotatable bonds is 4. The van der Waals surface area contributed by atoms with Crippen molar-refractivity contribution < 1.29 is 4.39 Å². The van der Waals surface area contributed by atoms with Gasteiger partial charge in [0.15, 0.2) is 5.96 Å². The van der Waals surface area contributed by atoms with E-state index in [4.69, 9.17) is 0 Å². The molecule has 0 bridgehead atoms. The largest absolute Gasteiger partial charge is 0.352 e. The van der Waals surface area contributed by atoms with Crippen LogP contribution in [0.25, 0.3) is 0 Å². The topological polar surface area (TPSA) is 49.3 Å². The molecular weight excluding hydrogens is 450 g/mol. The van der Waals surface area contributed by atoms with Crippen molar-refractivity contribution in [2.24, 2.45) is 4.99 Å². The van der Waals surface area contributed by atoms with E-state index in [2.05, 4.69) is 46.8 Å². The van der Waals surface area contributed by atoms with Crippen LogP contribution < -0.4 is 10.6 Å². The number of benzene rings is 1. The summed E-state index contributed by atoms with van der Waals surface area (Å²) in [6.07, 6.45) is 0. The molecule has 0 fully saturated rings. The number of aryl methyl sites for hydroxylation is 1. The quantitative estimate of drug-likeness (QED) is 0.392. The summed E-state index contributed by atoms with van der Waals surface area (Å²) in [6.45, 7) is 9.45. The lowest BCUT2D eigenvalue weighted by molar-refractivity contribution is 0.570. The molecule has 2 aromatic rings. The maximum absolute atomic E-state index is 13.3. The number of nitrogens with zero attached hydrogens (tertiary/aromatic N) is 2. The van der Waals surface area contributed by atoms with Gasteiger partial charge >= 0.3 is 0 Å². The molecule has 0 atom stereocenters. The molecule has 0 aliphatic carbocycles. The zero-order chi connectivity index (χ0) is 17.7. The van der Waals surface area contributed by atoms with Crippen LogP contribution in [-0.2, 0) is 18.5 Å². The van der Waals surface area contributed by atoms with Crippen molar-refractivity contribution in [3.63, 3.8) is 0 Å². The number of guanidine groups is 1. The third kappa shape index (κ3) is 6.54. The molecule has 0 unspecified atom stereocenters. The SMILES string of the molecule is CN=C(NCc1ccc(F)c(C)c1)NCc1nc(C(C)(C)C)cs1.I. The molecule has 1 heterocycles. The molecule has 0 radical (unpaired) electrons. The number of hydrogen-bond donors (Lipinski definition) is 2. The van der Waals surface area contributed by atoms with E-state index >= 15 is 0 Å². The molecule has 1 aromatic carbocycles. The first-order chi connectivity index (χ1) is 11.3. The second-order valence-corrected chi connectivity index (χ2v) is 7.68. The smallest absolute Gasteiger partial charge is 0.191 e. The van der Waals surface area contributed by atoms with Gasteiger partial charge in [0.2, 0.25) is 0 Å². The highest BCUT2D eigenvalue weighted by atomic mass is 127. The van der Waals surface area contributed by atoms with Gasteiger partial charge in [0.1, 0.15) is 10.8 Å². The first-order valence-electron chi connectivity index (χ1n) is 7.94. The van der Waals surface area contributed by atoms with Crippen LogP contribution in [-0.4, -0.2) is 18.0 Å². The van der Waals surface area contributed by atoms with Crippen LogP contribution in [0.4, 0.5) is 4.39 Å². The van der Waals surface area contributed by atoms with Crippen LogP contribution in [0, 0.1) is 12.7 Å². The Labute approximate surface area is 170 Å². The van der Waals surface area contributed by atoms with E-state index in [1.54, 1.807) is 31.4 Å². The van der Waals surface area contributed by atoms with Crippen LogP contribution in [0.15, 0.2) is 28.6 Å². The van der Waals surface area contributed by atoms with Crippen molar-refractivity contribution in [3.05, 3.63) is 51.2 Å². The van der Waals surface area contributed by atoms with E-state index in [0.717, 1.165) is 16.3 Å². The lowest BCUT2D eigenvalue weighted by Gasteiger charge is -2.14. The summed E-state index contributed by atoms with van der Waals surface area (Å²) >= 11 is 1.65. The Morgan fingerprint density at radius 1 is 1.24 bits per heavy atom. The lowest BCUT2D eigenvalue weighted by atomic mass is 9.93. The molecular formula is C18H26FIN4S. The van der Waals surface area contributed by atoms with E-state index in [1.165, 1.54) is 6.07 Å². The predicted octanol–water partition coefficient (Wildman–Crippen LogP) is 4.37. The summed E-state index contributed by atoms with van der Waals surface area (Å²) in [4.78, 5) is 8.87. The Balaban J connectivity index is 0.00000312. The van der Waals surface area contributed by atoms with Crippen molar-refractivity contribution in [1.82, 2.24) is 15.6 Å². The van der Waals surface area contributed by atoms with Gasteiger partial charge in [-0.25, -0.2) is 9.37 Å². The molecule has 0 aliphatic rings. The molecule has 7 heteroatoms. The highest BCUT2D eigenvalue weighted by Crippen LogP contribution is 2.23. The molecule has 0 aliphatic heterocycles. The van der Waals surface area contributed by atoms with Gasteiger partial charge in [0, 0.05) is 24.4 Å². The Morgan fingerprint density at radius 2 is 1.92 bits per heavy atom. The van der Waals surface area contributed by atoms with Gasteiger partial charge < -0.3 is 10.6 Å². The fraction of sp³-hybridized carbons (Fsp3) is 0.444. The highest BCUT2D eigenvalue weighted by Gasteiger charge is 2.17. The molecule has 2 N–H and O–H groups in total. The van der Waals surface area contributed by atoms with E-state index < -0.39 is 0 Å². The first kappa shape index (κ1) is 21.8. The van der Waals surface area contributed by atoms with E-state index in [1.807, 2.05) is 6.07 Å². The number of aliphatic imine (C=N–C) groups is 1. The third-order valence-electron chi connectivity index (χ3n) is 3.63. The fourth-order valence-corrected chi connectivity index (χ4v) is 3.08. The van der Waals surface area contributed by atoms with Gasteiger partial charge in [-0.05, 0) is 24.1 Å². The Kier molecular flexibility index (Phi) is 8.27. The summed E-state index contributed by atoms with van der Waals surface area (Å²) in [5.41, 5.74) is 2.83. The average Bonchev–Trinajstić information content (AvgIpc) is 3.00. The zero-order valence-electron chi connectivity index (χ0n) is 15.3. The van der Waals surface area contributed by atoms with Crippen LogP contribution in [0.2, 0.25) is 0 Å². The molecule has 0 amide bonds. The van der Waals surface area contributed by atoms with Crippen LogP contribution in [0.3, 0.4) is 0 Å². The average molecular weight is 476 g/mol. The predicted molar refractivity (Wildman–Crippen MR) is 114 cm³/mol. The summed E-state index contributed by atoms with van der Waals surface area (Å²) in [5.74, 6) is 0.518. The summed E-state index contributed by atoms with van der Waals surface area (Å²) in [7, 11) is 1.73. The van der Waals surface area contributed by atoms with E-state index in [-0.39, 0.29) is 35.2 Å². The fourth-order valence-electron chi connectivity index (χ4n) is 2.12. The second-order valence-electron chi connectivity index (χ2n) is 6.74. The number of hydrogen-bond acceptors (Lipinski definition) is 3. The maximum atomic E-state index is 13.3. The Bertz CT molecular complexity index is 722. The normalized spacial score (nSPS) is 11.8. The van der Waals surface area contributed by atoms with Gasteiger partial charge in [-0.2, -0.15) is 0 Å². The van der Waals surface area contributed by atoms with Gasteiger partial charge in [-0.1, -0.05) is 32.9 Å². The Hall–Kier alpha value is -1.22. The number of halogens is 2. The van der Waals surface area contributed by atoms with Crippen molar-refractivity contribution >= 4 is 41.3 Å². The van der Waals surface area contributed by atoms with Crippen molar-refractivity contribution in [2.75, 3.05) is 7.05 Å². The second kappa shape index (κ2) is 9.47. The first-order valence-corrected chi connectivity index (χ1v) is 8.82. The summed E-state index contributed by atoms with van der Waals surface area (Å²) < 4.78 is 13.3. The Morgan fingerprint density at radius 3 is 2.48 bits per heavy atom. The van der Waals surface area contributed by atoms with Crippen LogP contribution >= 0.6 is 35.3 Å². The van der Waals surface area contributed by atoms with Crippen LogP contribution in [0.1, 0.15) is 42.6 Å². The lowest BCUT2D eigenvalue weighted by Crippen LogP contribution is -2.36. The molecule has 0 saturated carbocycles. The third-order valence-corrected chi connectivity index (χ3v) is 4.48. The highest BCUT2D eigenvalue weighted by molar-refractivity contribution is 14.0. The van der Waals surface area contributed by atoms with Crippen LogP contribution in [0.5, 0.6) is 0 Å². The minimum atomic E-state index is -0.181. The van der Waals surface area contributed by atoms with Gasteiger partial charge in [0.25, 0.3) is 0 Å².